The summed E-state index contributed by atoms with van der Waals surface area (Å²) in [6.07, 6.45) is 3.27. The number of aromatic nitrogens is 5. The second kappa shape index (κ2) is 8.50. The Kier molecular flexibility index (Phi) is 5.32. The van der Waals surface area contributed by atoms with E-state index in [2.05, 4.69) is 30.8 Å². The Morgan fingerprint density at radius 1 is 1.03 bits per heavy atom. The zero-order chi connectivity index (χ0) is 23.2. The van der Waals surface area contributed by atoms with Crippen LogP contribution in [0, 0.1) is 11.8 Å². The van der Waals surface area contributed by atoms with Crippen molar-refractivity contribution in [1.82, 2.24) is 30.2 Å². The van der Waals surface area contributed by atoms with Crippen LogP contribution in [0.4, 0.5) is 11.5 Å². The number of nitrogens with zero attached hydrogens (tertiary/aromatic N) is 7. The van der Waals surface area contributed by atoms with Crippen molar-refractivity contribution in [3.05, 3.63) is 40.9 Å². The maximum atomic E-state index is 13.2. The molecule has 34 heavy (non-hydrogen) atoms. The molecule has 176 valence electrons. The maximum absolute atomic E-state index is 13.2. The predicted molar refractivity (Wildman–Crippen MR) is 126 cm³/mol. The summed E-state index contributed by atoms with van der Waals surface area (Å²) in [6, 6.07) is 9.38. The van der Waals surface area contributed by atoms with Gasteiger partial charge in [-0.1, -0.05) is 17.7 Å². The fourth-order valence-corrected chi connectivity index (χ4v) is 5.78. The molecule has 1 atom stereocenters. The van der Waals surface area contributed by atoms with E-state index < -0.39 is 0 Å². The van der Waals surface area contributed by atoms with E-state index in [0.29, 0.717) is 23.8 Å². The Labute approximate surface area is 201 Å². The number of carbonyl (C=O) groups excluding carboxylic acids is 2. The van der Waals surface area contributed by atoms with E-state index in [4.69, 9.17) is 11.6 Å². The van der Waals surface area contributed by atoms with E-state index in [-0.39, 0.29) is 29.6 Å². The molecule has 1 aromatic carbocycles. The highest BCUT2D eigenvalue weighted by molar-refractivity contribution is 6.31. The van der Waals surface area contributed by atoms with Crippen LogP contribution >= 0.6 is 11.6 Å². The largest absolute Gasteiger partial charge is 0.355 e. The summed E-state index contributed by atoms with van der Waals surface area (Å²) >= 11 is 6.08. The molecule has 1 N–H and O–H groups in total. The first-order chi connectivity index (χ1) is 16.6. The Hall–Kier alpha value is -3.27. The molecule has 0 aliphatic carbocycles. The molecule has 2 aromatic heterocycles. The minimum atomic E-state index is -0.155. The molecule has 0 spiro atoms. The van der Waals surface area contributed by atoms with Crippen molar-refractivity contribution in [2.45, 2.75) is 31.6 Å². The normalized spacial score (nSPS) is 21.7. The van der Waals surface area contributed by atoms with Crippen molar-refractivity contribution in [2.24, 2.45) is 11.8 Å². The van der Waals surface area contributed by atoms with Crippen LogP contribution in [0.25, 0.3) is 5.65 Å². The number of rotatable bonds is 3. The molecule has 10 nitrogen and oxygen atoms in total. The molecule has 6 rings (SSSR count). The summed E-state index contributed by atoms with van der Waals surface area (Å²) in [5, 5.41) is 19.4. The topological polar surface area (TPSA) is 109 Å². The molecule has 0 bridgehead atoms. The average Bonchev–Trinajstić information content (AvgIpc) is 3.46. The quantitative estimate of drug-likeness (QED) is 0.613. The van der Waals surface area contributed by atoms with E-state index in [1.54, 1.807) is 0 Å². The highest BCUT2D eigenvalue weighted by atomic mass is 35.5. The van der Waals surface area contributed by atoms with Crippen LogP contribution in [0.1, 0.15) is 37.2 Å². The van der Waals surface area contributed by atoms with Crippen LogP contribution in [-0.4, -0.2) is 68.1 Å². The lowest BCUT2D eigenvalue weighted by Crippen LogP contribution is -2.46. The minimum Gasteiger partial charge on any atom is -0.355 e. The molecule has 0 saturated carbocycles. The molecule has 0 radical (unpaired) electrons. The van der Waals surface area contributed by atoms with Gasteiger partial charge in [0.25, 0.3) is 0 Å². The summed E-state index contributed by atoms with van der Waals surface area (Å²) in [7, 11) is 0. The molecule has 3 aliphatic heterocycles. The molecule has 2 fully saturated rings. The summed E-state index contributed by atoms with van der Waals surface area (Å²) in [4.78, 5) is 30.1. The highest BCUT2D eigenvalue weighted by Gasteiger charge is 2.40. The summed E-state index contributed by atoms with van der Waals surface area (Å²) in [5.74, 6) is 1.22. The van der Waals surface area contributed by atoms with E-state index in [1.807, 2.05) is 35.2 Å². The van der Waals surface area contributed by atoms with Crippen molar-refractivity contribution in [2.75, 3.05) is 36.4 Å². The number of likely N-dealkylation sites (tertiary alicyclic amines) is 1. The second-order valence-corrected chi connectivity index (χ2v) is 9.78. The average molecular weight is 481 g/mol. The number of amides is 2. The summed E-state index contributed by atoms with van der Waals surface area (Å²) in [5.41, 5.74) is 2.46. The van der Waals surface area contributed by atoms with E-state index in [1.165, 1.54) is 4.63 Å². The number of fused-ring (bicyclic) bond motifs is 2. The van der Waals surface area contributed by atoms with Crippen molar-refractivity contribution in [3.63, 3.8) is 0 Å². The first-order valence-electron chi connectivity index (χ1n) is 11.8. The molecule has 1 unspecified atom stereocenters. The fourth-order valence-electron chi connectivity index (χ4n) is 5.60. The Balaban J connectivity index is 1.04. The molecule has 2 saturated heterocycles. The number of piperidine rings is 2. The van der Waals surface area contributed by atoms with E-state index in [9.17, 15) is 9.59 Å². The molecular formula is C23H25ClN8O2. The van der Waals surface area contributed by atoms with Gasteiger partial charge in [-0.15, -0.1) is 14.8 Å². The zero-order valence-corrected chi connectivity index (χ0v) is 19.4. The Bertz CT molecular complexity index is 1250. The molecule has 3 aromatic rings. The van der Waals surface area contributed by atoms with E-state index >= 15 is 0 Å². The van der Waals surface area contributed by atoms with Gasteiger partial charge < -0.3 is 15.1 Å². The minimum absolute atomic E-state index is 0.0298. The molecular weight excluding hydrogens is 456 g/mol. The van der Waals surface area contributed by atoms with Crippen LogP contribution in [0.15, 0.2) is 30.3 Å². The number of hydrogen-bond acceptors (Lipinski definition) is 7. The Morgan fingerprint density at radius 2 is 1.82 bits per heavy atom. The summed E-state index contributed by atoms with van der Waals surface area (Å²) < 4.78 is 1.42. The van der Waals surface area contributed by atoms with Crippen molar-refractivity contribution in [3.8, 4) is 0 Å². The number of anilines is 2. The first-order valence-corrected chi connectivity index (χ1v) is 12.1. The number of halogens is 1. The standard InChI is InChI=1S/C23H25ClN8O2/c24-16-1-2-17-18(13-16)25-22(33)21(17)14-5-11-31(12-6-14)23(34)15-7-9-30(10-8-15)20-4-3-19-26-28-29-32(19)27-20/h1-4,13-15,21H,5-12H2,(H,25,33). The van der Waals surface area contributed by atoms with Gasteiger partial charge in [-0.3, -0.25) is 9.59 Å². The molecule has 3 aliphatic rings. The van der Waals surface area contributed by atoms with Gasteiger partial charge in [0.2, 0.25) is 11.8 Å². The van der Waals surface area contributed by atoms with Crippen LogP contribution in [0.5, 0.6) is 0 Å². The van der Waals surface area contributed by atoms with E-state index in [0.717, 1.165) is 55.8 Å². The third-order valence-electron chi connectivity index (χ3n) is 7.44. The van der Waals surface area contributed by atoms with Gasteiger partial charge in [0.15, 0.2) is 11.5 Å². The molecule has 5 heterocycles. The smallest absolute Gasteiger partial charge is 0.232 e. The molecule has 11 heteroatoms. The SMILES string of the molecule is O=C1Nc2cc(Cl)ccc2C1C1CCN(C(=O)C2CCN(c3ccc4nnnn4n3)CC2)CC1. The van der Waals surface area contributed by atoms with Crippen LogP contribution < -0.4 is 10.2 Å². The second-order valence-electron chi connectivity index (χ2n) is 9.34. The highest BCUT2D eigenvalue weighted by Crippen LogP contribution is 2.42. The summed E-state index contributed by atoms with van der Waals surface area (Å²) in [6.45, 7) is 2.95. The lowest BCUT2D eigenvalue weighted by Gasteiger charge is -2.38. The number of nitrogens with one attached hydrogen (secondary N) is 1. The third kappa shape index (κ3) is 3.75. The number of carbonyl (C=O) groups is 2. The van der Waals surface area contributed by atoms with Crippen LogP contribution in [-0.2, 0) is 9.59 Å². The van der Waals surface area contributed by atoms with Crippen LogP contribution in [0.3, 0.4) is 0 Å². The predicted octanol–water partition coefficient (Wildman–Crippen LogP) is 2.36. The van der Waals surface area contributed by atoms with Crippen molar-refractivity contribution < 1.29 is 9.59 Å². The van der Waals surface area contributed by atoms with Gasteiger partial charge in [0.05, 0.1) is 5.92 Å². The number of tetrazole rings is 1. The lowest BCUT2D eigenvalue weighted by molar-refractivity contribution is -0.137. The van der Waals surface area contributed by atoms with Gasteiger partial charge in [-0.05, 0) is 71.9 Å². The maximum Gasteiger partial charge on any atom is 0.232 e. The first kappa shape index (κ1) is 21.3. The fraction of sp³-hybridized carbons (Fsp3) is 0.478. The van der Waals surface area contributed by atoms with Gasteiger partial charge in [-0.2, -0.15) is 0 Å². The van der Waals surface area contributed by atoms with Crippen LogP contribution in [0.2, 0.25) is 5.02 Å². The lowest BCUT2D eigenvalue weighted by atomic mass is 9.80. The van der Waals surface area contributed by atoms with Crippen molar-refractivity contribution in [1.29, 1.82) is 0 Å². The van der Waals surface area contributed by atoms with Crippen molar-refractivity contribution >= 4 is 40.6 Å². The van der Waals surface area contributed by atoms with Gasteiger partial charge >= 0.3 is 0 Å². The van der Waals surface area contributed by atoms with Gasteiger partial charge in [0.1, 0.15) is 0 Å². The zero-order valence-electron chi connectivity index (χ0n) is 18.6. The van der Waals surface area contributed by atoms with Gasteiger partial charge in [0, 0.05) is 42.8 Å². The monoisotopic (exact) mass is 480 g/mol. The molecule has 2 amide bonds. The number of hydrogen-bond donors (Lipinski definition) is 1. The Morgan fingerprint density at radius 3 is 2.62 bits per heavy atom. The number of benzene rings is 1. The third-order valence-corrected chi connectivity index (χ3v) is 7.67. The van der Waals surface area contributed by atoms with Gasteiger partial charge in [-0.25, -0.2) is 0 Å².